The van der Waals surface area contributed by atoms with E-state index in [-0.39, 0.29) is 0 Å². The maximum atomic E-state index is 5.67. The first-order valence-electron chi connectivity index (χ1n) is 4.99. The van der Waals surface area contributed by atoms with Crippen LogP contribution in [0.5, 0.6) is 0 Å². The Balaban J connectivity index is 2.01. The Bertz CT molecular complexity index is 415. The fourth-order valence-corrected chi connectivity index (χ4v) is 1.61. The lowest BCUT2D eigenvalue weighted by Gasteiger charge is -2.20. The maximum absolute atomic E-state index is 5.67. The highest BCUT2D eigenvalue weighted by Crippen LogP contribution is 2.35. The van der Waals surface area contributed by atoms with E-state index in [1.165, 1.54) is 0 Å². The molecule has 2 heterocycles. The Labute approximate surface area is 90.0 Å². The Kier molecular flexibility index (Phi) is 2.81. The van der Waals surface area contributed by atoms with Gasteiger partial charge >= 0.3 is 0 Å². The van der Waals surface area contributed by atoms with Crippen molar-refractivity contribution in [1.29, 1.82) is 0 Å². The van der Waals surface area contributed by atoms with Crippen molar-refractivity contribution in [1.82, 2.24) is 0 Å². The Morgan fingerprint density at radius 2 is 2.40 bits per heavy atom. The molecule has 0 aromatic heterocycles. The summed E-state index contributed by atoms with van der Waals surface area (Å²) < 4.78 is 11.2. The van der Waals surface area contributed by atoms with E-state index >= 15 is 0 Å². The number of rotatable bonds is 0. The van der Waals surface area contributed by atoms with Crippen LogP contribution in [-0.2, 0) is 9.47 Å². The normalized spacial score (nSPS) is 29.5. The van der Waals surface area contributed by atoms with Crippen molar-refractivity contribution in [3.63, 3.8) is 0 Å². The zero-order valence-corrected chi connectivity index (χ0v) is 8.67. The third kappa shape index (κ3) is 2.24. The number of allylic oxidation sites excluding steroid dienone is 2. The molecule has 0 saturated carbocycles. The third-order valence-corrected chi connectivity index (χ3v) is 2.28. The van der Waals surface area contributed by atoms with Gasteiger partial charge in [0.2, 0.25) is 5.79 Å². The topological polar surface area (TPSA) is 18.5 Å². The van der Waals surface area contributed by atoms with Crippen molar-refractivity contribution < 1.29 is 9.47 Å². The lowest BCUT2D eigenvalue weighted by Crippen LogP contribution is -2.24. The van der Waals surface area contributed by atoms with Gasteiger partial charge < -0.3 is 9.47 Å². The van der Waals surface area contributed by atoms with Crippen LogP contribution in [0.25, 0.3) is 0 Å². The summed E-state index contributed by atoms with van der Waals surface area (Å²) in [6, 6.07) is 0. The SMILES string of the molecule is CC#CC#C/C=C1\C=CC2(CCCO2)O1. The van der Waals surface area contributed by atoms with Gasteiger partial charge in [-0.2, -0.15) is 0 Å². The molecule has 0 amide bonds. The molecule has 1 atom stereocenters. The molecular weight excluding hydrogens is 188 g/mol. The van der Waals surface area contributed by atoms with Crippen LogP contribution in [0, 0.1) is 23.7 Å². The van der Waals surface area contributed by atoms with Gasteiger partial charge in [-0.25, -0.2) is 0 Å². The number of ether oxygens (including phenoxy) is 2. The van der Waals surface area contributed by atoms with Gasteiger partial charge in [0.05, 0.1) is 6.61 Å². The van der Waals surface area contributed by atoms with Crippen LogP contribution in [0.4, 0.5) is 0 Å². The van der Waals surface area contributed by atoms with Crippen LogP contribution < -0.4 is 0 Å². The molecule has 2 nitrogen and oxygen atoms in total. The fourth-order valence-electron chi connectivity index (χ4n) is 1.61. The van der Waals surface area contributed by atoms with Gasteiger partial charge in [0.25, 0.3) is 0 Å². The van der Waals surface area contributed by atoms with Crippen LogP contribution in [-0.4, -0.2) is 12.4 Å². The second-order valence-corrected chi connectivity index (χ2v) is 3.39. The summed E-state index contributed by atoms with van der Waals surface area (Å²) in [6.07, 6.45) is 7.54. The summed E-state index contributed by atoms with van der Waals surface area (Å²) in [7, 11) is 0. The first kappa shape index (κ1) is 9.90. The van der Waals surface area contributed by atoms with Gasteiger partial charge in [0, 0.05) is 12.5 Å². The smallest absolute Gasteiger partial charge is 0.230 e. The molecule has 0 aromatic carbocycles. The third-order valence-electron chi connectivity index (χ3n) is 2.28. The second kappa shape index (κ2) is 4.26. The summed E-state index contributed by atoms with van der Waals surface area (Å²) in [5.41, 5.74) is 0. The highest BCUT2D eigenvalue weighted by atomic mass is 16.7. The van der Waals surface area contributed by atoms with Gasteiger partial charge in [-0.05, 0) is 37.3 Å². The summed E-state index contributed by atoms with van der Waals surface area (Å²) >= 11 is 0. The van der Waals surface area contributed by atoms with Gasteiger partial charge in [-0.1, -0.05) is 11.8 Å². The molecule has 1 unspecified atom stereocenters. The average molecular weight is 200 g/mol. The van der Waals surface area contributed by atoms with Gasteiger partial charge in [-0.3, -0.25) is 0 Å². The summed E-state index contributed by atoms with van der Waals surface area (Å²) in [4.78, 5) is 0. The Morgan fingerprint density at radius 1 is 1.47 bits per heavy atom. The van der Waals surface area contributed by atoms with Gasteiger partial charge in [-0.15, -0.1) is 0 Å². The van der Waals surface area contributed by atoms with E-state index in [1.54, 1.807) is 13.0 Å². The lowest BCUT2D eigenvalue weighted by atomic mass is 10.2. The molecule has 2 heteroatoms. The predicted molar refractivity (Wildman–Crippen MR) is 57.5 cm³/mol. The molecule has 1 fully saturated rings. The fraction of sp³-hybridized carbons (Fsp3) is 0.385. The molecule has 2 rings (SSSR count). The lowest BCUT2D eigenvalue weighted by molar-refractivity contribution is -0.135. The van der Waals surface area contributed by atoms with E-state index in [9.17, 15) is 0 Å². The minimum absolute atomic E-state index is 0.496. The summed E-state index contributed by atoms with van der Waals surface area (Å²) in [5, 5.41) is 0. The maximum Gasteiger partial charge on any atom is 0.230 e. The second-order valence-electron chi connectivity index (χ2n) is 3.39. The summed E-state index contributed by atoms with van der Waals surface area (Å²) in [6.45, 7) is 2.53. The first-order valence-corrected chi connectivity index (χ1v) is 4.99. The Hall–Kier alpha value is -1.64. The van der Waals surface area contributed by atoms with Crippen LogP contribution in [0.3, 0.4) is 0 Å². The molecule has 0 aromatic rings. The van der Waals surface area contributed by atoms with E-state index in [0.29, 0.717) is 0 Å². The zero-order valence-electron chi connectivity index (χ0n) is 8.67. The van der Waals surface area contributed by atoms with Crippen molar-refractivity contribution >= 4 is 0 Å². The van der Waals surface area contributed by atoms with Crippen molar-refractivity contribution in [2.24, 2.45) is 0 Å². The van der Waals surface area contributed by atoms with E-state index < -0.39 is 5.79 Å². The molecule has 2 aliphatic heterocycles. The minimum atomic E-state index is -0.496. The molecule has 1 spiro atoms. The molecule has 0 aliphatic carbocycles. The van der Waals surface area contributed by atoms with Crippen molar-refractivity contribution in [2.75, 3.05) is 6.61 Å². The van der Waals surface area contributed by atoms with Gasteiger partial charge in [0.15, 0.2) is 0 Å². The molecule has 0 N–H and O–H groups in total. The molecule has 0 bridgehead atoms. The molecular formula is C13H12O2. The molecule has 2 aliphatic rings. The summed E-state index contributed by atoms with van der Waals surface area (Å²) in [5.74, 6) is 11.1. The molecule has 76 valence electrons. The average Bonchev–Trinajstić information content (AvgIpc) is 2.85. The van der Waals surface area contributed by atoms with Crippen molar-refractivity contribution in [3.05, 3.63) is 24.0 Å². The van der Waals surface area contributed by atoms with Crippen molar-refractivity contribution in [2.45, 2.75) is 25.6 Å². The standard InChI is InChI=1S/C13H12O2/c1-2-3-4-5-7-12-8-10-13(15-12)9-6-11-14-13/h7-8,10H,6,9,11H2,1H3/b12-7+. The van der Waals surface area contributed by atoms with Crippen LogP contribution >= 0.6 is 0 Å². The van der Waals surface area contributed by atoms with Crippen LogP contribution in [0.2, 0.25) is 0 Å². The monoisotopic (exact) mass is 200 g/mol. The van der Waals surface area contributed by atoms with E-state index in [4.69, 9.17) is 9.47 Å². The zero-order chi connectivity index (χ0) is 10.6. The van der Waals surface area contributed by atoms with Crippen LogP contribution in [0.15, 0.2) is 24.0 Å². The molecule has 0 radical (unpaired) electrons. The number of hydrogen-bond acceptors (Lipinski definition) is 2. The Morgan fingerprint density at radius 3 is 3.13 bits per heavy atom. The molecule has 1 saturated heterocycles. The van der Waals surface area contributed by atoms with Crippen LogP contribution in [0.1, 0.15) is 19.8 Å². The van der Waals surface area contributed by atoms with E-state index in [1.807, 2.05) is 12.2 Å². The van der Waals surface area contributed by atoms with Crippen molar-refractivity contribution in [3.8, 4) is 23.7 Å². The molecule has 15 heavy (non-hydrogen) atoms. The quantitative estimate of drug-likeness (QED) is 0.557. The van der Waals surface area contributed by atoms with Gasteiger partial charge in [0.1, 0.15) is 5.76 Å². The van der Waals surface area contributed by atoms with E-state index in [2.05, 4.69) is 23.7 Å². The minimum Gasteiger partial charge on any atom is -0.458 e. The highest BCUT2D eigenvalue weighted by Gasteiger charge is 2.38. The largest absolute Gasteiger partial charge is 0.458 e. The number of hydrogen-bond donors (Lipinski definition) is 0. The predicted octanol–water partition coefficient (Wildman–Crippen LogP) is 1.99. The highest BCUT2D eigenvalue weighted by molar-refractivity contribution is 5.35. The van der Waals surface area contributed by atoms with E-state index in [0.717, 1.165) is 25.2 Å². The first-order chi connectivity index (χ1) is 7.35.